The van der Waals surface area contributed by atoms with Crippen molar-refractivity contribution in [2.24, 2.45) is 7.05 Å². The molecular formula is C17H20F3N5O2. The second kappa shape index (κ2) is 7.09. The van der Waals surface area contributed by atoms with Gasteiger partial charge >= 0.3 is 12.4 Å². The average molecular weight is 383 g/mol. The topological polar surface area (TPSA) is 81.1 Å². The molecule has 1 aliphatic carbocycles. The van der Waals surface area contributed by atoms with Crippen LogP contribution < -0.4 is 15.4 Å². The van der Waals surface area contributed by atoms with E-state index in [0.29, 0.717) is 23.6 Å². The molecule has 2 amide bonds. The van der Waals surface area contributed by atoms with Crippen LogP contribution in [0.2, 0.25) is 0 Å². The highest BCUT2D eigenvalue weighted by molar-refractivity contribution is 5.88. The first kappa shape index (κ1) is 19.0. The van der Waals surface area contributed by atoms with Gasteiger partial charge in [-0.25, -0.2) is 4.79 Å². The number of nitrogens with one attached hydrogen (secondary N) is 2. The maximum Gasteiger partial charge on any atom is 0.573 e. The van der Waals surface area contributed by atoms with Crippen LogP contribution >= 0.6 is 0 Å². The summed E-state index contributed by atoms with van der Waals surface area (Å²) < 4.78 is 42.9. The lowest BCUT2D eigenvalue weighted by Crippen LogP contribution is -2.46. The number of halogens is 3. The number of alkyl halides is 3. The highest BCUT2D eigenvalue weighted by Crippen LogP contribution is 2.44. The van der Waals surface area contributed by atoms with E-state index in [1.807, 2.05) is 0 Å². The van der Waals surface area contributed by atoms with Gasteiger partial charge in [0, 0.05) is 19.0 Å². The number of hydrogen-bond donors (Lipinski definition) is 2. The van der Waals surface area contributed by atoms with Crippen molar-refractivity contribution in [3.05, 3.63) is 35.5 Å². The van der Waals surface area contributed by atoms with E-state index in [1.165, 1.54) is 22.9 Å². The summed E-state index contributed by atoms with van der Waals surface area (Å²) in [6.07, 6.45) is -2.26. The third-order valence-corrected chi connectivity index (χ3v) is 4.92. The molecule has 1 heterocycles. The molecule has 0 bridgehead atoms. The van der Waals surface area contributed by atoms with Gasteiger partial charge < -0.3 is 10.1 Å². The Kier molecular flexibility index (Phi) is 4.99. The lowest BCUT2D eigenvalue weighted by molar-refractivity contribution is -0.274. The highest BCUT2D eigenvalue weighted by Gasteiger charge is 2.40. The number of rotatable bonds is 5. The minimum absolute atomic E-state index is 0.258. The highest BCUT2D eigenvalue weighted by atomic mass is 19.4. The molecule has 10 heteroatoms. The van der Waals surface area contributed by atoms with Gasteiger partial charge in [-0.3, -0.25) is 10.00 Å². The van der Waals surface area contributed by atoms with E-state index in [0.717, 1.165) is 19.3 Å². The standard InChI is InChI=1S/C17H20F3N5O2/c1-11-14(23-24-25(11)2)22-15(26)21-10-16(7-4-8-16)12-5-3-6-13(9-12)27-17(18,19)20/h3,5-6,9H,4,7-8,10H2,1-2H3,(H2,21,22,26). The zero-order chi connectivity index (χ0) is 19.7. The number of amides is 2. The Balaban J connectivity index is 1.66. The summed E-state index contributed by atoms with van der Waals surface area (Å²) in [6.45, 7) is 2.07. The first-order chi connectivity index (χ1) is 12.7. The number of hydrogen-bond acceptors (Lipinski definition) is 4. The molecule has 0 atom stereocenters. The first-order valence-corrected chi connectivity index (χ1v) is 8.46. The van der Waals surface area contributed by atoms with Crippen LogP contribution in [0.25, 0.3) is 0 Å². The van der Waals surface area contributed by atoms with Gasteiger partial charge in [0.25, 0.3) is 0 Å². The molecule has 0 radical (unpaired) electrons. The summed E-state index contributed by atoms with van der Waals surface area (Å²) in [5, 5.41) is 13.1. The number of urea groups is 1. The number of aryl methyl sites for hydroxylation is 1. The lowest BCUT2D eigenvalue weighted by Gasteiger charge is -2.42. The van der Waals surface area contributed by atoms with Gasteiger partial charge in [0.2, 0.25) is 0 Å². The van der Waals surface area contributed by atoms with Crippen LogP contribution in [0.4, 0.5) is 23.8 Å². The van der Waals surface area contributed by atoms with Gasteiger partial charge in [-0.15, -0.1) is 18.3 Å². The third kappa shape index (κ3) is 4.32. The van der Waals surface area contributed by atoms with E-state index in [2.05, 4.69) is 25.7 Å². The van der Waals surface area contributed by atoms with E-state index in [4.69, 9.17) is 0 Å². The van der Waals surface area contributed by atoms with Crippen LogP contribution in [-0.4, -0.2) is 33.9 Å². The van der Waals surface area contributed by atoms with Crippen LogP contribution in [0.3, 0.4) is 0 Å². The van der Waals surface area contributed by atoms with E-state index < -0.39 is 17.8 Å². The van der Waals surface area contributed by atoms with E-state index in [-0.39, 0.29) is 5.75 Å². The van der Waals surface area contributed by atoms with Crippen LogP contribution in [-0.2, 0) is 12.5 Å². The molecule has 1 aliphatic rings. The van der Waals surface area contributed by atoms with Gasteiger partial charge in [0.15, 0.2) is 5.82 Å². The van der Waals surface area contributed by atoms with Crippen LogP contribution in [0, 0.1) is 6.92 Å². The van der Waals surface area contributed by atoms with Crippen molar-refractivity contribution in [1.82, 2.24) is 20.3 Å². The largest absolute Gasteiger partial charge is 0.573 e. The third-order valence-electron chi connectivity index (χ3n) is 4.92. The molecule has 27 heavy (non-hydrogen) atoms. The predicted molar refractivity (Wildman–Crippen MR) is 91.4 cm³/mol. The van der Waals surface area contributed by atoms with Crippen molar-refractivity contribution in [2.75, 3.05) is 11.9 Å². The predicted octanol–water partition coefficient (Wildman–Crippen LogP) is 3.27. The van der Waals surface area contributed by atoms with Crippen LogP contribution in [0.5, 0.6) is 5.75 Å². The molecule has 1 fully saturated rings. The summed E-state index contributed by atoms with van der Waals surface area (Å²) in [5.41, 5.74) is 1.02. The minimum atomic E-state index is -4.74. The molecule has 1 aromatic carbocycles. The summed E-state index contributed by atoms with van der Waals surface area (Å²) in [5.74, 6) is 0.101. The van der Waals surface area contributed by atoms with E-state index >= 15 is 0 Å². The number of aromatic nitrogens is 3. The fourth-order valence-corrected chi connectivity index (χ4v) is 3.12. The quantitative estimate of drug-likeness (QED) is 0.830. The van der Waals surface area contributed by atoms with Crippen molar-refractivity contribution in [1.29, 1.82) is 0 Å². The zero-order valence-electron chi connectivity index (χ0n) is 14.9. The molecule has 146 valence electrons. The number of ether oxygens (including phenoxy) is 1. The maximum absolute atomic E-state index is 12.5. The molecule has 1 aromatic heterocycles. The zero-order valence-corrected chi connectivity index (χ0v) is 14.9. The Morgan fingerprint density at radius 2 is 2.11 bits per heavy atom. The van der Waals surface area contributed by atoms with Crippen molar-refractivity contribution < 1.29 is 22.7 Å². The Bertz CT molecular complexity index is 830. The lowest BCUT2D eigenvalue weighted by atomic mass is 9.64. The molecule has 2 aromatic rings. The fourth-order valence-electron chi connectivity index (χ4n) is 3.12. The summed E-state index contributed by atoms with van der Waals surface area (Å²) in [6, 6.07) is 5.50. The SMILES string of the molecule is Cc1c(NC(=O)NCC2(c3cccc(OC(F)(F)F)c3)CCC2)nnn1C. The van der Waals surface area contributed by atoms with Crippen molar-refractivity contribution >= 4 is 11.8 Å². The van der Waals surface area contributed by atoms with Crippen molar-refractivity contribution in [3.63, 3.8) is 0 Å². The average Bonchev–Trinajstić information content (AvgIpc) is 2.85. The Labute approximate surface area is 153 Å². The van der Waals surface area contributed by atoms with E-state index in [1.54, 1.807) is 20.0 Å². The van der Waals surface area contributed by atoms with Gasteiger partial charge in [-0.05, 0) is 37.5 Å². The maximum atomic E-state index is 12.5. The number of nitrogens with zero attached hydrogens (tertiary/aromatic N) is 3. The van der Waals surface area contributed by atoms with Crippen molar-refractivity contribution in [2.45, 2.75) is 38.0 Å². The smallest absolute Gasteiger partial charge is 0.406 e. The Morgan fingerprint density at radius 1 is 1.37 bits per heavy atom. The van der Waals surface area contributed by atoms with Gasteiger partial charge in [0.05, 0.1) is 5.69 Å². The number of anilines is 1. The van der Waals surface area contributed by atoms with Gasteiger partial charge in [-0.1, -0.05) is 23.8 Å². The Hall–Kier alpha value is -2.78. The van der Waals surface area contributed by atoms with Gasteiger partial charge in [-0.2, -0.15) is 0 Å². The minimum Gasteiger partial charge on any atom is -0.406 e. The fraction of sp³-hybridized carbons (Fsp3) is 0.471. The normalized spacial score (nSPS) is 15.7. The second-order valence-corrected chi connectivity index (χ2v) is 6.66. The van der Waals surface area contributed by atoms with Crippen LogP contribution in [0.1, 0.15) is 30.5 Å². The molecule has 7 nitrogen and oxygen atoms in total. The molecule has 0 aliphatic heterocycles. The molecular weight excluding hydrogens is 363 g/mol. The number of carbonyl (C=O) groups is 1. The molecule has 0 unspecified atom stereocenters. The second-order valence-electron chi connectivity index (χ2n) is 6.66. The first-order valence-electron chi connectivity index (χ1n) is 8.46. The number of carbonyl (C=O) groups excluding carboxylic acids is 1. The molecule has 1 saturated carbocycles. The summed E-state index contributed by atoms with van der Waals surface area (Å²) in [4.78, 5) is 12.2. The molecule has 0 spiro atoms. The Morgan fingerprint density at radius 3 is 2.67 bits per heavy atom. The monoisotopic (exact) mass is 383 g/mol. The molecule has 0 saturated heterocycles. The van der Waals surface area contributed by atoms with E-state index in [9.17, 15) is 18.0 Å². The summed E-state index contributed by atoms with van der Waals surface area (Å²) in [7, 11) is 1.71. The molecule has 2 N–H and O–H groups in total. The van der Waals surface area contributed by atoms with Crippen molar-refractivity contribution in [3.8, 4) is 5.75 Å². The van der Waals surface area contributed by atoms with Gasteiger partial charge in [0.1, 0.15) is 5.75 Å². The van der Waals surface area contributed by atoms with Crippen LogP contribution in [0.15, 0.2) is 24.3 Å². The number of benzene rings is 1. The summed E-state index contributed by atoms with van der Waals surface area (Å²) >= 11 is 0. The molecule has 3 rings (SSSR count).